The fraction of sp³-hybridized carbons (Fsp3) is 0.556. The molecule has 1 rings (SSSR count). The van der Waals surface area contributed by atoms with Crippen molar-refractivity contribution in [3.63, 3.8) is 0 Å². The molecule has 0 aliphatic carbocycles. The van der Waals surface area contributed by atoms with Gasteiger partial charge in [0.25, 0.3) is 0 Å². The van der Waals surface area contributed by atoms with Crippen LogP contribution in [0.25, 0.3) is 0 Å². The molecular weight excluding hydrogens is 212 g/mol. The molecule has 1 atom stereocenters. The Kier molecular flexibility index (Phi) is 4.43. The Labute approximate surface area is 92.4 Å². The van der Waals surface area contributed by atoms with E-state index in [0.29, 0.717) is 12.8 Å². The summed E-state index contributed by atoms with van der Waals surface area (Å²) in [7, 11) is 0. The number of rotatable bonds is 6. The fourth-order valence-corrected chi connectivity index (χ4v) is 1.25. The molecule has 0 spiro atoms. The standard InChI is InChI=1S/C9H14N4O3/c1-2-3-7(9(15)16)11-8(14)6-13-5-4-10-12-13/h4-5,7H,2-3,6H2,1H3,(H,11,14)(H,15,16)/t7-/m1/s1. The molecule has 0 aliphatic heterocycles. The lowest BCUT2D eigenvalue weighted by molar-refractivity contribution is -0.142. The number of carbonyl (C=O) groups excluding carboxylic acids is 1. The number of carboxylic acid groups (broad SMARTS) is 1. The monoisotopic (exact) mass is 226 g/mol. The SMILES string of the molecule is CCC[C@@H](NC(=O)Cn1ccnn1)C(=O)O. The minimum Gasteiger partial charge on any atom is -0.480 e. The van der Waals surface area contributed by atoms with Crippen molar-refractivity contribution in [3.05, 3.63) is 12.4 Å². The molecule has 1 heterocycles. The number of amides is 1. The normalized spacial score (nSPS) is 12.1. The maximum absolute atomic E-state index is 11.4. The van der Waals surface area contributed by atoms with Gasteiger partial charge in [0.15, 0.2) is 0 Å². The average molecular weight is 226 g/mol. The Morgan fingerprint density at radius 3 is 2.81 bits per heavy atom. The summed E-state index contributed by atoms with van der Waals surface area (Å²) in [6, 6.07) is -0.832. The summed E-state index contributed by atoms with van der Waals surface area (Å²) in [4.78, 5) is 22.2. The third kappa shape index (κ3) is 3.68. The fourth-order valence-electron chi connectivity index (χ4n) is 1.25. The predicted molar refractivity (Wildman–Crippen MR) is 54.5 cm³/mol. The van der Waals surface area contributed by atoms with Crippen LogP contribution in [0, 0.1) is 0 Å². The number of nitrogens with one attached hydrogen (secondary N) is 1. The van der Waals surface area contributed by atoms with Gasteiger partial charge in [-0.1, -0.05) is 18.6 Å². The smallest absolute Gasteiger partial charge is 0.326 e. The Morgan fingerprint density at radius 2 is 2.31 bits per heavy atom. The zero-order chi connectivity index (χ0) is 12.0. The van der Waals surface area contributed by atoms with Crippen LogP contribution in [0.4, 0.5) is 0 Å². The van der Waals surface area contributed by atoms with Crippen LogP contribution in [0.3, 0.4) is 0 Å². The van der Waals surface area contributed by atoms with Gasteiger partial charge in [0, 0.05) is 6.20 Å². The van der Waals surface area contributed by atoms with Gasteiger partial charge in [-0.05, 0) is 6.42 Å². The molecule has 88 valence electrons. The topological polar surface area (TPSA) is 97.1 Å². The van der Waals surface area contributed by atoms with Crippen molar-refractivity contribution in [2.24, 2.45) is 0 Å². The van der Waals surface area contributed by atoms with E-state index < -0.39 is 12.0 Å². The number of hydrogen-bond donors (Lipinski definition) is 2. The summed E-state index contributed by atoms with van der Waals surface area (Å²) >= 11 is 0. The zero-order valence-corrected chi connectivity index (χ0v) is 8.96. The maximum atomic E-state index is 11.4. The van der Waals surface area contributed by atoms with Crippen LogP contribution in [-0.2, 0) is 16.1 Å². The van der Waals surface area contributed by atoms with Crippen LogP contribution >= 0.6 is 0 Å². The lowest BCUT2D eigenvalue weighted by atomic mass is 10.1. The third-order valence-electron chi connectivity index (χ3n) is 1.99. The number of carbonyl (C=O) groups is 2. The van der Waals surface area contributed by atoms with Crippen LogP contribution in [0.5, 0.6) is 0 Å². The third-order valence-corrected chi connectivity index (χ3v) is 1.99. The van der Waals surface area contributed by atoms with Crippen molar-refractivity contribution in [1.82, 2.24) is 20.3 Å². The summed E-state index contributed by atoms with van der Waals surface area (Å²) in [5.74, 6) is -1.40. The molecule has 0 fully saturated rings. The second-order valence-corrected chi connectivity index (χ2v) is 3.35. The minimum atomic E-state index is -1.02. The molecule has 0 bridgehead atoms. The Bertz CT molecular complexity index is 350. The van der Waals surface area contributed by atoms with Crippen LogP contribution < -0.4 is 5.32 Å². The highest BCUT2D eigenvalue weighted by Gasteiger charge is 2.18. The first-order valence-electron chi connectivity index (χ1n) is 4.99. The Morgan fingerprint density at radius 1 is 1.56 bits per heavy atom. The van der Waals surface area contributed by atoms with Crippen molar-refractivity contribution in [3.8, 4) is 0 Å². The van der Waals surface area contributed by atoms with Crippen LogP contribution in [0.2, 0.25) is 0 Å². The quantitative estimate of drug-likeness (QED) is 0.690. The summed E-state index contributed by atoms with van der Waals surface area (Å²) < 4.78 is 1.33. The molecule has 2 N–H and O–H groups in total. The molecule has 16 heavy (non-hydrogen) atoms. The van der Waals surface area contributed by atoms with Crippen LogP contribution in [-0.4, -0.2) is 38.0 Å². The molecule has 0 radical (unpaired) electrons. The predicted octanol–water partition coefficient (Wildman–Crippen LogP) is -0.352. The zero-order valence-electron chi connectivity index (χ0n) is 8.96. The molecule has 7 heteroatoms. The van der Waals surface area contributed by atoms with Crippen molar-refractivity contribution < 1.29 is 14.7 Å². The highest BCUT2D eigenvalue weighted by atomic mass is 16.4. The van der Waals surface area contributed by atoms with Crippen molar-refractivity contribution in [2.75, 3.05) is 0 Å². The average Bonchev–Trinajstić information content (AvgIpc) is 2.69. The number of aliphatic carboxylic acids is 1. The van der Waals surface area contributed by atoms with E-state index in [9.17, 15) is 9.59 Å². The number of aromatic nitrogens is 3. The second kappa shape index (κ2) is 5.84. The first kappa shape index (κ1) is 12.2. The number of carboxylic acids is 1. The van der Waals surface area contributed by atoms with Gasteiger partial charge in [0.05, 0.1) is 6.20 Å². The van der Waals surface area contributed by atoms with Crippen molar-refractivity contribution >= 4 is 11.9 Å². The summed E-state index contributed by atoms with van der Waals surface area (Å²) in [6.45, 7) is 1.84. The summed E-state index contributed by atoms with van der Waals surface area (Å²) in [5.41, 5.74) is 0. The van der Waals surface area contributed by atoms with Crippen LogP contribution in [0.15, 0.2) is 12.4 Å². The molecule has 1 amide bonds. The first-order valence-corrected chi connectivity index (χ1v) is 4.99. The van der Waals surface area contributed by atoms with Gasteiger partial charge in [0.1, 0.15) is 12.6 Å². The summed E-state index contributed by atoms with van der Waals surface area (Å²) in [5, 5.41) is 18.4. The maximum Gasteiger partial charge on any atom is 0.326 e. The molecule has 0 unspecified atom stereocenters. The van der Waals surface area contributed by atoms with Gasteiger partial charge >= 0.3 is 5.97 Å². The Hall–Kier alpha value is -1.92. The minimum absolute atomic E-state index is 0.0203. The van der Waals surface area contributed by atoms with E-state index in [4.69, 9.17) is 5.11 Å². The molecule has 0 saturated heterocycles. The van der Waals surface area contributed by atoms with E-state index in [1.165, 1.54) is 17.1 Å². The molecule has 1 aromatic heterocycles. The van der Waals surface area contributed by atoms with E-state index in [1.54, 1.807) is 0 Å². The van der Waals surface area contributed by atoms with Crippen LogP contribution in [0.1, 0.15) is 19.8 Å². The molecule has 1 aromatic rings. The van der Waals surface area contributed by atoms with Crippen molar-refractivity contribution in [1.29, 1.82) is 0 Å². The van der Waals surface area contributed by atoms with E-state index in [2.05, 4.69) is 15.6 Å². The first-order chi connectivity index (χ1) is 7.63. The molecule has 0 aliphatic rings. The van der Waals surface area contributed by atoms with Gasteiger partial charge in [-0.3, -0.25) is 4.79 Å². The van der Waals surface area contributed by atoms with E-state index >= 15 is 0 Å². The van der Waals surface area contributed by atoms with Gasteiger partial charge in [-0.25, -0.2) is 9.48 Å². The van der Waals surface area contributed by atoms with E-state index in [0.717, 1.165) is 0 Å². The lowest BCUT2D eigenvalue weighted by Crippen LogP contribution is -2.42. The highest BCUT2D eigenvalue weighted by molar-refractivity contribution is 5.83. The molecule has 0 aromatic carbocycles. The Balaban J connectivity index is 2.45. The largest absolute Gasteiger partial charge is 0.480 e. The lowest BCUT2D eigenvalue weighted by Gasteiger charge is -2.13. The summed E-state index contributed by atoms with van der Waals surface area (Å²) in [6.07, 6.45) is 4.10. The van der Waals surface area contributed by atoms with E-state index in [1.807, 2.05) is 6.92 Å². The second-order valence-electron chi connectivity index (χ2n) is 3.35. The highest BCUT2D eigenvalue weighted by Crippen LogP contribution is 1.97. The van der Waals surface area contributed by atoms with E-state index in [-0.39, 0.29) is 12.5 Å². The van der Waals surface area contributed by atoms with Gasteiger partial charge < -0.3 is 10.4 Å². The van der Waals surface area contributed by atoms with Gasteiger partial charge in [0.2, 0.25) is 5.91 Å². The van der Waals surface area contributed by atoms with Gasteiger partial charge in [-0.15, -0.1) is 5.10 Å². The molecule has 7 nitrogen and oxygen atoms in total. The van der Waals surface area contributed by atoms with Crippen molar-refractivity contribution in [2.45, 2.75) is 32.4 Å². The molecular formula is C9H14N4O3. The molecule has 0 saturated carbocycles. The number of hydrogen-bond acceptors (Lipinski definition) is 4. The number of nitrogens with zero attached hydrogens (tertiary/aromatic N) is 3. The van der Waals surface area contributed by atoms with Gasteiger partial charge in [-0.2, -0.15) is 0 Å².